The van der Waals surface area contributed by atoms with Gasteiger partial charge in [0.05, 0.1) is 18.1 Å². The minimum Gasteiger partial charge on any atom is -0.495 e. The first-order valence-electron chi connectivity index (χ1n) is 11.6. The lowest BCUT2D eigenvalue weighted by Crippen LogP contribution is -2.28. The number of aryl methyl sites for hydroxylation is 1. The van der Waals surface area contributed by atoms with Gasteiger partial charge in [-0.15, -0.1) is 0 Å². The van der Waals surface area contributed by atoms with Crippen LogP contribution in [0.5, 0.6) is 5.75 Å². The second kappa shape index (κ2) is 9.42. The fourth-order valence-corrected chi connectivity index (χ4v) is 5.02. The number of nitrogens with zero attached hydrogens (tertiary/aromatic N) is 2. The third kappa shape index (κ3) is 4.86. The molecule has 4 rings (SSSR count). The van der Waals surface area contributed by atoms with Gasteiger partial charge < -0.3 is 20.8 Å². The highest BCUT2D eigenvalue weighted by molar-refractivity contribution is 7.92. The Labute approximate surface area is 211 Å². The molecule has 1 aromatic carbocycles. The fraction of sp³-hybridized carbons (Fsp3) is 0.346. The van der Waals surface area contributed by atoms with Crippen molar-refractivity contribution in [3.05, 3.63) is 59.5 Å². The zero-order valence-corrected chi connectivity index (χ0v) is 21.9. The van der Waals surface area contributed by atoms with Gasteiger partial charge in [0.1, 0.15) is 22.1 Å². The highest BCUT2D eigenvalue weighted by Gasteiger charge is 2.34. The van der Waals surface area contributed by atoms with Gasteiger partial charge in [-0.25, -0.2) is 13.4 Å². The number of carbonyl (C=O) groups excluding carboxylic acids is 1. The average molecular weight is 510 g/mol. The monoisotopic (exact) mass is 509 g/mol. The van der Waals surface area contributed by atoms with Gasteiger partial charge in [0.2, 0.25) is 0 Å². The summed E-state index contributed by atoms with van der Waals surface area (Å²) in [7, 11) is -2.27. The zero-order valence-electron chi connectivity index (χ0n) is 21.0. The molecule has 0 bridgehead atoms. The molecule has 0 unspecified atom stereocenters. The number of methoxy groups -OCH3 is 1. The number of aromatic nitrogens is 2. The Bertz CT molecular complexity index is 1480. The number of hydrogen-bond donors (Lipinski definition) is 3. The number of pyridine rings is 1. The first kappa shape index (κ1) is 25.4. The highest BCUT2D eigenvalue weighted by atomic mass is 32.2. The molecule has 2 aromatic heterocycles. The van der Waals surface area contributed by atoms with E-state index in [-0.39, 0.29) is 22.6 Å². The van der Waals surface area contributed by atoms with Crippen LogP contribution in [0.4, 0.5) is 5.82 Å². The minimum atomic E-state index is -3.70. The van der Waals surface area contributed by atoms with Crippen molar-refractivity contribution in [3.63, 3.8) is 0 Å². The van der Waals surface area contributed by atoms with Crippen LogP contribution in [0, 0.1) is 12.3 Å². The first-order valence-corrected chi connectivity index (χ1v) is 13.1. The predicted molar refractivity (Wildman–Crippen MR) is 141 cm³/mol. The van der Waals surface area contributed by atoms with Crippen LogP contribution in [-0.4, -0.2) is 47.8 Å². The summed E-state index contributed by atoms with van der Waals surface area (Å²) in [5.74, 6) is 0.610. The van der Waals surface area contributed by atoms with Crippen molar-refractivity contribution in [3.8, 4) is 5.75 Å². The lowest BCUT2D eigenvalue weighted by molar-refractivity contribution is 0.0951. The summed E-state index contributed by atoms with van der Waals surface area (Å²) in [5, 5.41) is 14.1. The van der Waals surface area contributed by atoms with Crippen molar-refractivity contribution in [1.29, 1.82) is 5.41 Å². The number of carbonyl (C=O) groups is 1. The summed E-state index contributed by atoms with van der Waals surface area (Å²) < 4.78 is 32.4. The van der Waals surface area contributed by atoms with E-state index in [0.717, 1.165) is 24.0 Å². The maximum absolute atomic E-state index is 13.2. The third-order valence-electron chi connectivity index (χ3n) is 6.14. The number of hydrogen-bond acceptors (Lipinski definition) is 7. The van der Waals surface area contributed by atoms with E-state index in [1.165, 1.54) is 19.5 Å². The summed E-state index contributed by atoms with van der Waals surface area (Å²) in [6, 6.07) is 7.25. The van der Waals surface area contributed by atoms with Crippen molar-refractivity contribution in [2.24, 2.45) is 0 Å². The Morgan fingerprint density at radius 3 is 2.58 bits per heavy atom. The van der Waals surface area contributed by atoms with Crippen LogP contribution in [0.2, 0.25) is 0 Å². The Kier molecular flexibility index (Phi) is 6.66. The Hall–Kier alpha value is -3.66. The third-order valence-corrected chi connectivity index (χ3v) is 8.64. The number of rotatable bonds is 8. The van der Waals surface area contributed by atoms with E-state index >= 15 is 0 Å². The molecule has 10 heteroatoms. The van der Waals surface area contributed by atoms with E-state index in [0.29, 0.717) is 22.6 Å². The molecule has 1 fully saturated rings. The van der Waals surface area contributed by atoms with Crippen LogP contribution in [0.25, 0.3) is 11.2 Å². The van der Waals surface area contributed by atoms with Gasteiger partial charge in [0.15, 0.2) is 9.84 Å². The second-order valence-electron chi connectivity index (χ2n) is 9.86. The lowest BCUT2D eigenvalue weighted by atomic mass is 9.99. The molecule has 3 N–H and O–H groups in total. The smallest absolute Gasteiger partial charge is 0.251 e. The number of sulfone groups is 1. The standard InChI is InChI=1S/C26H31N5O4S/c1-16-6-7-17(25(32)30-19-8-9-19)10-20(16)18(12-27)13-28-24-14-29-23-11-21(35-5)22(15-31(23)24)36(33,34)26(2,3)4/h6-7,10-15,19,27-28H,8-9H2,1-5H3,(H,30,32)/b18-13+,27-12?. The van der Waals surface area contributed by atoms with Crippen LogP contribution in [0.1, 0.15) is 55.1 Å². The zero-order chi connectivity index (χ0) is 26.3. The second-order valence-corrected chi connectivity index (χ2v) is 12.5. The minimum absolute atomic E-state index is 0.0625. The van der Waals surface area contributed by atoms with E-state index in [1.807, 2.05) is 13.0 Å². The van der Waals surface area contributed by atoms with Gasteiger partial charge in [0, 0.05) is 41.9 Å². The quantitative estimate of drug-likeness (QED) is 0.391. The van der Waals surface area contributed by atoms with Crippen molar-refractivity contribution in [2.45, 2.75) is 56.2 Å². The SMILES string of the molecule is COc1cc2ncc(N/C=C(\C=N)c3cc(C(=O)NC4CC4)ccc3C)n2cc1S(=O)(=O)C(C)(C)C. The molecular formula is C26H31N5O4S. The fourth-order valence-electron chi connectivity index (χ4n) is 3.70. The van der Waals surface area contributed by atoms with Crippen LogP contribution >= 0.6 is 0 Å². The largest absolute Gasteiger partial charge is 0.495 e. The average Bonchev–Trinajstić information content (AvgIpc) is 3.56. The maximum Gasteiger partial charge on any atom is 0.251 e. The van der Waals surface area contributed by atoms with E-state index in [2.05, 4.69) is 15.6 Å². The lowest BCUT2D eigenvalue weighted by Gasteiger charge is -2.21. The van der Waals surface area contributed by atoms with Crippen LogP contribution in [0.3, 0.4) is 0 Å². The number of anilines is 1. The number of benzene rings is 1. The molecule has 1 aliphatic carbocycles. The van der Waals surface area contributed by atoms with Gasteiger partial charge >= 0.3 is 0 Å². The van der Waals surface area contributed by atoms with Gasteiger partial charge in [-0.3, -0.25) is 9.20 Å². The summed E-state index contributed by atoms with van der Waals surface area (Å²) in [4.78, 5) is 16.9. The van der Waals surface area contributed by atoms with Crippen LogP contribution in [-0.2, 0) is 9.84 Å². The number of nitrogens with one attached hydrogen (secondary N) is 3. The summed E-state index contributed by atoms with van der Waals surface area (Å²) in [5.41, 5.74) is 3.25. The molecule has 1 aliphatic rings. The van der Waals surface area contributed by atoms with E-state index in [1.54, 1.807) is 55.8 Å². The Morgan fingerprint density at radius 2 is 1.97 bits per heavy atom. The number of fused-ring (bicyclic) bond motifs is 1. The van der Waals surface area contributed by atoms with Gasteiger partial charge in [-0.05, 0) is 63.8 Å². The molecule has 0 spiro atoms. The summed E-state index contributed by atoms with van der Waals surface area (Å²) in [6.45, 7) is 6.83. The summed E-state index contributed by atoms with van der Waals surface area (Å²) >= 11 is 0. The summed E-state index contributed by atoms with van der Waals surface area (Å²) in [6.07, 6.45) is 7.93. The Balaban J connectivity index is 1.70. The molecule has 0 radical (unpaired) electrons. The molecule has 1 amide bonds. The van der Waals surface area contributed by atoms with Crippen molar-refractivity contribution >= 4 is 39.0 Å². The molecule has 36 heavy (non-hydrogen) atoms. The number of amides is 1. The number of imidazole rings is 1. The highest BCUT2D eigenvalue weighted by Crippen LogP contribution is 2.33. The normalized spacial score (nSPS) is 14.5. The van der Waals surface area contributed by atoms with Gasteiger partial charge in [-0.2, -0.15) is 0 Å². The number of ether oxygens (including phenoxy) is 1. The van der Waals surface area contributed by atoms with E-state index in [4.69, 9.17) is 10.1 Å². The predicted octanol–water partition coefficient (Wildman–Crippen LogP) is 4.22. The molecule has 1 saturated carbocycles. The van der Waals surface area contributed by atoms with Crippen molar-refractivity contribution in [1.82, 2.24) is 14.7 Å². The molecule has 190 valence electrons. The Morgan fingerprint density at radius 1 is 1.25 bits per heavy atom. The molecule has 2 heterocycles. The van der Waals surface area contributed by atoms with Crippen LogP contribution in [0.15, 0.2) is 47.8 Å². The van der Waals surface area contributed by atoms with Crippen LogP contribution < -0.4 is 15.4 Å². The van der Waals surface area contributed by atoms with Crippen molar-refractivity contribution in [2.75, 3.05) is 12.4 Å². The van der Waals surface area contributed by atoms with E-state index in [9.17, 15) is 13.2 Å². The number of allylic oxidation sites excluding steroid dienone is 1. The van der Waals surface area contributed by atoms with Crippen molar-refractivity contribution < 1.29 is 17.9 Å². The van der Waals surface area contributed by atoms with E-state index < -0.39 is 14.6 Å². The molecule has 3 aromatic rings. The molecule has 9 nitrogen and oxygen atoms in total. The van der Waals surface area contributed by atoms with Gasteiger partial charge in [-0.1, -0.05) is 6.07 Å². The topological polar surface area (TPSA) is 126 Å². The molecule has 0 atom stereocenters. The maximum atomic E-state index is 13.2. The van der Waals surface area contributed by atoms with Gasteiger partial charge in [0.25, 0.3) is 5.91 Å². The first-order chi connectivity index (χ1) is 17.0. The molecular weight excluding hydrogens is 478 g/mol. The molecule has 0 aliphatic heterocycles. The molecule has 0 saturated heterocycles.